The first-order valence-corrected chi connectivity index (χ1v) is 14.7. The van der Waals surface area contributed by atoms with Crippen molar-refractivity contribution in [3.05, 3.63) is 126 Å². The summed E-state index contributed by atoms with van der Waals surface area (Å²) in [6.45, 7) is 8.35. The van der Waals surface area contributed by atoms with E-state index < -0.39 is 0 Å². The molecule has 2 aliphatic heterocycles. The largest absolute Gasteiger partial charge is 0.285 e. The summed E-state index contributed by atoms with van der Waals surface area (Å²) in [6, 6.07) is 39.6. The van der Waals surface area contributed by atoms with Crippen LogP contribution in [0.4, 0.5) is 11.4 Å². The summed E-state index contributed by atoms with van der Waals surface area (Å²) >= 11 is 1.95. The fourth-order valence-corrected chi connectivity index (χ4v) is 6.69. The molecule has 0 N–H and O–H groups in total. The molecule has 6 rings (SSSR count). The van der Waals surface area contributed by atoms with Crippen molar-refractivity contribution in [2.24, 2.45) is 0 Å². The van der Waals surface area contributed by atoms with Crippen molar-refractivity contribution in [3.8, 4) is 0 Å². The highest BCUT2D eigenvalue weighted by Gasteiger charge is 2.31. The van der Waals surface area contributed by atoms with E-state index in [1.54, 1.807) is 0 Å². The molecule has 4 aromatic carbocycles. The van der Waals surface area contributed by atoms with Gasteiger partial charge in [0.25, 0.3) is 0 Å². The quantitative estimate of drug-likeness (QED) is 0.259. The van der Waals surface area contributed by atoms with E-state index in [0.29, 0.717) is 6.17 Å². The van der Waals surface area contributed by atoms with Crippen LogP contribution in [0.3, 0.4) is 0 Å². The van der Waals surface area contributed by atoms with Gasteiger partial charge in [-0.05, 0) is 41.8 Å². The van der Waals surface area contributed by atoms with Gasteiger partial charge >= 0.3 is 0 Å². The van der Waals surface area contributed by atoms with Crippen molar-refractivity contribution in [1.82, 2.24) is 14.8 Å². The van der Waals surface area contributed by atoms with Crippen LogP contribution in [0.15, 0.2) is 114 Å². The second kappa shape index (κ2) is 11.7. The van der Waals surface area contributed by atoms with Gasteiger partial charge < -0.3 is 0 Å². The number of hydrazine groups is 1. The lowest BCUT2D eigenvalue weighted by Gasteiger charge is -2.46. The summed E-state index contributed by atoms with van der Waals surface area (Å²) in [5, 5.41) is 5.06. The fourth-order valence-electron chi connectivity index (χ4n) is 5.66. The zero-order valence-electron chi connectivity index (χ0n) is 22.1. The predicted octanol–water partition coefficient (Wildman–Crippen LogP) is 7.01. The molecule has 0 saturated carbocycles. The van der Waals surface area contributed by atoms with Gasteiger partial charge in [0, 0.05) is 49.9 Å². The fraction of sp³-hybridized carbons (Fsp3) is 0.273. The normalized spacial score (nSPS) is 17.1. The van der Waals surface area contributed by atoms with Gasteiger partial charge in [0.1, 0.15) is 0 Å². The Kier molecular flexibility index (Phi) is 7.79. The first-order chi connectivity index (χ1) is 18.8. The molecule has 0 bridgehead atoms. The SMILES string of the molecule is CC(N1CCN(N2c3ccccc3CSc3ccccc32)CC1)N(Cc1ccccc1)Cc1ccccc1. The van der Waals surface area contributed by atoms with Crippen LogP contribution in [0.1, 0.15) is 23.6 Å². The monoisotopic (exact) mass is 520 g/mol. The number of piperazine rings is 1. The Morgan fingerprint density at radius 3 is 1.87 bits per heavy atom. The summed E-state index contributed by atoms with van der Waals surface area (Å²) in [6.07, 6.45) is 0.344. The lowest BCUT2D eigenvalue weighted by Crippen LogP contribution is -2.57. The van der Waals surface area contributed by atoms with E-state index in [0.717, 1.165) is 45.0 Å². The highest BCUT2D eigenvalue weighted by molar-refractivity contribution is 7.98. The lowest BCUT2D eigenvalue weighted by atomic mass is 10.1. The molecule has 0 aromatic heterocycles. The zero-order chi connectivity index (χ0) is 25.7. The van der Waals surface area contributed by atoms with Crippen LogP contribution in [0, 0.1) is 0 Å². The summed E-state index contributed by atoms with van der Waals surface area (Å²) < 4.78 is 0. The van der Waals surface area contributed by atoms with Crippen molar-refractivity contribution in [1.29, 1.82) is 0 Å². The molecule has 5 heteroatoms. The molecule has 38 heavy (non-hydrogen) atoms. The minimum absolute atomic E-state index is 0.344. The van der Waals surface area contributed by atoms with Crippen LogP contribution in [0.5, 0.6) is 0 Å². The van der Waals surface area contributed by atoms with Crippen LogP contribution >= 0.6 is 11.8 Å². The first kappa shape index (κ1) is 25.2. The van der Waals surface area contributed by atoms with Crippen LogP contribution in [0.2, 0.25) is 0 Å². The maximum Gasteiger partial charge on any atom is 0.0716 e. The Bertz CT molecular complexity index is 1230. The Balaban J connectivity index is 1.21. The third-order valence-corrected chi connectivity index (χ3v) is 8.90. The van der Waals surface area contributed by atoms with Gasteiger partial charge in [-0.2, -0.15) is 0 Å². The second-order valence-electron chi connectivity index (χ2n) is 10.2. The van der Waals surface area contributed by atoms with Crippen LogP contribution in [-0.4, -0.2) is 47.2 Å². The molecule has 0 amide bonds. The predicted molar refractivity (Wildman–Crippen MR) is 159 cm³/mol. The van der Waals surface area contributed by atoms with Gasteiger partial charge in [-0.15, -0.1) is 11.8 Å². The number of hydrogen-bond acceptors (Lipinski definition) is 5. The van der Waals surface area contributed by atoms with Gasteiger partial charge in [-0.25, -0.2) is 5.01 Å². The van der Waals surface area contributed by atoms with Crippen molar-refractivity contribution < 1.29 is 0 Å². The molecule has 1 saturated heterocycles. The lowest BCUT2D eigenvalue weighted by molar-refractivity contribution is 0.00839. The van der Waals surface area contributed by atoms with Crippen molar-refractivity contribution in [2.75, 3.05) is 31.2 Å². The highest BCUT2D eigenvalue weighted by Crippen LogP contribution is 2.43. The van der Waals surface area contributed by atoms with E-state index in [1.807, 2.05) is 11.8 Å². The van der Waals surface area contributed by atoms with Crippen molar-refractivity contribution in [2.45, 2.75) is 36.8 Å². The third kappa shape index (κ3) is 5.52. The number of hydrogen-bond donors (Lipinski definition) is 0. The third-order valence-electron chi connectivity index (χ3n) is 7.78. The summed E-state index contributed by atoms with van der Waals surface area (Å²) in [5.74, 6) is 1.01. The number of benzene rings is 4. The number of thioether (sulfide) groups is 1. The standard InChI is InChI=1S/C33H36N4S/c1-27(35(24-28-12-4-2-5-13-28)25-29-14-6-3-7-15-29)34-20-22-36(23-21-34)37-31-17-9-8-16-30(31)26-38-33-19-11-10-18-32(33)37/h2-19,27H,20-26H2,1H3. The summed E-state index contributed by atoms with van der Waals surface area (Å²) in [4.78, 5) is 6.64. The van der Waals surface area contributed by atoms with E-state index in [4.69, 9.17) is 0 Å². The van der Waals surface area contributed by atoms with E-state index in [1.165, 1.54) is 33.0 Å². The van der Waals surface area contributed by atoms with Gasteiger partial charge in [0.2, 0.25) is 0 Å². The molecule has 0 spiro atoms. The first-order valence-electron chi connectivity index (χ1n) is 13.7. The van der Waals surface area contributed by atoms with E-state index in [9.17, 15) is 0 Å². The highest BCUT2D eigenvalue weighted by atomic mass is 32.2. The summed E-state index contributed by atoms with van der Waals surface area (Å²) in [7, 11) is 0. The topological polar surface area (TPSA) is 13.0 Å². The molecule has 0 radical (unpaired) electrons. The summed E-state index contributed by atoms with van der Waals surface area (Å²) in [5.41, 5.74) is 6.76. The molecule has 1 atom stereocenters. The van der Waals surface area contributed by atoms with Gasteiger partial charge in [0.15, 0.2) is 0 Å². The zero-order valence-corrected chi connectivity index (χ0v) is 22.9. The Morgan fingerprint density at radius 2 is 1.21 bits per heavy atom. The van der Waals surface area contributed by atoms with Gasteiger partial charge in [0.05, 0.1) is 17.5 Å². The minimum Gasteiger partial charge on any atom is -0.285 e. The molecule has 2 aliphatic rings. The number of fused-ring (bicyclic) bond motifs is 2. The van der Waals surface area contributed by atoms with Crippen LogP contribution < -0.4 is 5.01 Å². The van der Waals surface area contributed by atoms with Crippen LogP contribution in [0.25, 0.3) is 0 Å². The Morgan fingerprint density at radius 1 is 0.658 bits per heavy atom. The average Bonchev–Trinajstić information content (AvgIpc) is 3.15. The molecular formula is C33H36N4S. The number of rotatable bonds is 7. The number of anilines is 2. The molecular weight excluding hydrogens is 484 g/mol. The molecule has 1 unspecified atom stereocenters. The van der Waals surface area contributed by atoms with Gasteiger partial charge in [-0.1, -0.05) is 91.0 Å². The maximum atomic E-state index is 2.66. The maximum absolute atomic E-state index is 2.66. The smallest absolute Gasteiger partial charge is 0.0716 e. The minimum atomic E-state index is 0.344. The van der Waals surface area contributed by atoms with E-state index in [-0.39, 0.29) is 0 Å². The van der Waals surface area contributed by atoms with E-state index >= 15 is 0 Å². The molecule has 0 aliphatic carbocycles. The average molecular weight is 521 g/mol. The second-order valence-corrected chi connectivity index (χ2v) is 11.2. The molecule has 4 nitrogen and oxygen atoms in total. The molecule has 2 heterocycles. The van der Waals surface area contributed by atoms with Crippen molar-refractivity contribution in [3.63, 3.8) is 0 Å². The Hall–Kier alpha value is -3.09. The van der Waals surface area contributed by atoms with Crippen LogP contribution in [-0.2, 0) is 18.8 Å². The molecule has 4 aromatic rings. The van der Waals surface area contributed by atoms with Crippen molar-refractivity contribution >= 4 is 23.1 Å². The molecule has 1 fully saturated rings. The Labute approximate surface area is 231 Å². The molecule has 194 valence electrons. The van der Waals surface area contributed by atoms with E-state index in [2.05, 4.69) is 136 Å². The number of nitrogens with zero attached hydrogens (tertiary/aromatic N) is 4. The number of para-hydroxylation sites is 2. The van der Waals surface area contributed by atoms with Gasteiger partial charge in [-0.3, -0.25) is 14.8 Å².